The van der Waals surface area contributed by atoms with Gasteiger partial charge in [-0.25, -0.2) is 0 Å². The lowest BCUT2D eigenvalue weighted by molar-refractivity contribution is -0.144. The lowest BCUT2D eigenvalue weighted by Crippen LogP contribution is -2.51. The fourth-order valence-electron chi connectivity index (χ4n) is 2.59. The Labute approximate surface area is 122 Å². The van der Waals surface area contributed by atoms with E-state index in [9.17, 15) is 9.90 Å². The molecule has 0 heterocycles. The molecular formula is C15H30N2O3. The van der Waals surface area contributed by atoms with Gasteiger partial charge in [-0.05, 0) is 52.6 Å². The third kappa shape index (κ3) is 5.38. The van der Waals surface area contributed by atoms with Gasteiger partial charge in [-0.15, -0.1) is 0 Å². The van der Waals surface area contributed by atoms with E-state index < -0.39 is 11.5 Å². The van der Waals surface area contributed by atoms with Crippen LogP contribution in [-0.4, -0.2) is 60.4 Å². The van der Waals surface area contributed by atoms with Crippen molar-refractivity contribution in [2.75, 3.05) is 26.8 Å². The highest BCUT2D eigenvalue weighted by molar-refractivity contribution is 5.78. The van der Waals surface area contributed by atoms with E-state index in [1.807, 2.05) is 6.92 Å². The number of likely N-dealkylation sites (N-methyl/N-ethyl adjacent to an activating group) is 1. The molecule has 5 nitrogen and oxygen atoms in total. The van der Waals surface area contributed by atoms with Gasteiger partial charge in [0.2, 0.25) is 0 Å². The van der Waals surface area contributed by atoms with Gasteiger partial charge in [-0.1, -0.05) is 6.92 Å². The number of nitrogens with zero attached hydrogens (tertiary/aromatic N) is 1. The van der Waals surface area contributed by atoms with E-state index in [1.54, 1.807) is 7.11 Å². The van der Waals surface area contributed by atoms with Crippen molar-refractivity contribution in [1.82, 2.24) is 10.2 Å². The van der Waals surface area contributed by atoms with E-state index in [2.05, 4.69) is 24.1 Å². The second-order valence-electron chi connectivity index (χ2n) is 6.09. The Bertz CT molecular complexity index is 307. The highest BCUT2D eigenvalue weighted by Crippen LogP contribution is 2.25. The molecule has 5 heteroatoms. The van der Waals surface area contributed by atoms with Gasteiger partial charge < -0.3 is 9.84 Å². The molecule has 20 heavy (non-hydrogen) atoms. The summed E-state index contributed by atoms with van der Waals surface area (Å²) in [6.45, 7) is 8.67. The van der Waals surface area contributed by atoms with Gasteiger partial charge >= 0.3 is 5.97 Å². The van der Waals surface area contributed by atoms with Crippen LogP contribution in [0.3, 0.4) is 0 Å². The summed E-state index contributed by atoms with van der Waals surface area (Å²) in [5.41, 5.74) is -0.787. The molecule has 1 aliphatic carbocycles. The van der Waals surface area contributed by atoms with Gasteiger partial charge in [0.1, 0.15) is 5.54 Å². The van der Waals surface area contributed by atoms with Crippen molar-refractivity contribution in [2.45, 2.75) is 64.1 Å². The first-order chi connectivity index (χ1) is 9.42. The van der Waals surface area contributed by atoms with E-state index in [0.717, 1.165) is 32.4 Å². The predicted octanol–water partition coefficient (Wildman–Crippen LogP) is 1.72. The molecule has 0 aromatic heterocycles. The summed E-state index contributed by atoms with van der Waals surface area (Å²) in [6.07, 6.45) is 3.75. The Balaban J connectivity index is 2.40. The number of rotatable bonds is 11. The topological polar surface area (TPSA) is 61.8 Å². The molecule has 2 atom stereocenters. The summed E-state index contributed by atoms with van der Waals surface area (Å²) >= 11 is 0. The predicted molar refractivity (Wildman–Crippen MR) is 80.0 cm³/mol. The molecule has 1 fully saturated rings. The monoisotopic (exact) mass is 286 g/mol. The molecule has 2 N–H and O–H groups in total. The van der Waals surface area contributed by atoms with Crippen molar-refractivity contribution in [2.24, 2.45) is 0 Å². The summed E-state index contributed by atoms with van der Waals surface area (Å²) in [5, 5.41) is 12.7. The van der Waals surface area contributed by atoms with Gasteiger partial charge in [0.05, 0.1) is 6.61 Å². The normalized spacial score (nSPS) is 19.9. The van der Waals surface area contributed by atoms with Gasteiger partial charge in [0.15, 0.2) is 0 Å². The second-order valence-corrected chi connectivity index (χ2v) is 6.09. The molecule has 0 amide bonds. The molecule has 0 aliphatic heterocycles. The van der Waals surface area contributed by atoms with Crippen LogP contribution in [0.2, 0.25) is 0 Å². The Morgan fingerprint density at radius 3 is 2.65 bits per heavy atom. The second kappa shape index (κ2) is 7.96. The maximum atomic E-state index is 11.5. The molecule has 0 aromatic rings. The van der Waals surface area contributed by atoms with Crippen LogP contribution in [0.15, 0.2) is 0 Å². The minimum Gasteiger partial charge on any atom is -0.480 e. The molecule has 0 saturated heterocycles. The summed E-state index contributed by atoms with van der Waals surface area (Å²) in [5.74, 6) is -0.739. The number of carboxylic acids is 1. The van der Waals surface area contributed by atoms with Gasteiger partial charge in [0.25, 0.3) is 0 Å². The van der Waals surface area contributed by atoms with Crippen molar-refractivity contribution < 1.29 is 14.6 Å². The van der Waals surface area contributed by atoms with Crippen molar-refractivity contribution >= 4 is 5.97 Å². The van der Waals surface area contributed by atoms with Crippen molar-refractivity contribution in [3.63, 3.8) is 0 Å². The molecule has 118 valence electrons. The van der Waals surface area contributed by atoms with Gasteiger partial charge in [-0.3, -0.25) is 15.0 Å². The number of aliphatic carboxylic acids is 1. The quantitative estimate of drug-likeness (QED) is 0.605. The van der Waals surface area contributed by atoms with Gasteiger partial charge in [0, 0.05) is 19.2 Å². The van der Waals surface area contributed by atoms with Crippen LogP contribution in [-0.2, 0) is 9.53 Å². The molecule has 0 radical (unpaired) electrons. The minimum atomic E-state index is -0.787. The van der Waals surface area contributed by atoms with Crippen molar-refractivity contribution in [3.8, 4) is 0 Å². The Hall–Kier alpha value is -0.650. The zero-order valence-corrected chi connectivity index (χ0v) is 13.3. The number of hydrogen-bond donors (Lipinski definition) is 2. The third-order valence-corrected chi connectivity index (χ3v) is 4.13. The SMILES string of the molecule is CCN(CCCC(C)(NC1CC1)C(=O)O)C(C)COC. The molecular weight excluding hydrogens is 256 g/mol. The van der Waals surface area contributed by atoms with E-state index in [4.69, 9.17) is 4.74 Å². The molecule has 2 unspecified atom stereocenters. The number of nitrogens with one attached hydrogen (secondary N) is 1. The smallest absolute Gasteiger partial charge is 0.323 e. The first kappa shape index (κ1) is 17.4. The van der Waals surface area contributed by atoms with Gasteiger partial charge in [-0.2, -0.15) is 0 Å². The van der Waals surface area contributed by atoms with Crippen LogP contribution < -0.4 is 5.32 Å². The fourth-order valence-corrected chi connectivity index (χ4v) is 2.59. The average molecular weight is 286 g/mol. The Morgan fingerprint density at radius 2 is 2.20 bits per heavy atom. The standard InChI is InChI=1S/C15H30N2O3/c1-5-17(12(2)11-20-4)10-6-9-15(3,14(18)19)16-13-7-8-13/h12-13,16H,5-11H2,1-4H3,(H,18,19). The summed E-state index contributed by atoms with van der Waals surface area (Å²) < 4.78 is 5.18. The van der Waals surface area contributed by atoms with Crippen LogP contribution >= 0.6 is 0 Å². The fraction of sp³-hybridized carbons (Fsp3) is 0.933. The number of carbonyl (C=O) groups is 1. The Kier molecular flexibility index (Phi) is 6.92. The number of carboxylic acid groups (broad SMARTS) is 1. The highest BCUT2D eigenvalue weighted by atomic mass is 16.5. The third-order valence-electron chi connectivity index (χ3n) is 4.13. The molecule has 1 saturated carbocycles. The van der Waals surface area contributed by atoms with E-state index >= 15 is 0 Å². The molecule has 1 rings (SSSR count). The minimum absolute atomic E-state index is 0.373. The first-order valence-corrected chi connectivity index (χ1v) is 7.67. The largest absolute Gasteiger partial charge is 0.480 e. The first-order valence-electron chi connectivity index (χ1n) is 7.67. The molecule has 1 aliphatic rings. The van der Waals surface area contributed by atoms with Crippen LogP contribution in [0, 0.1) is 0 Å². The summed E-state index contributed by atoms with van der Waals surface area (Å²) in [4.78, 5) is 13.8. The summed E-state index contributed by atoms with van der Waals surface area (Å²) in [7, 11) is 1.71. The zero-order chi connectivity index (χ0) is 15.2. The van der Waals surface area contributed by atoms with E-state index in [0.29, 0.717) is 25.1 Å². The van der Waals surface area contributed by atoms with Crippen LogP contribution in [0.1, 0.15) is 46.5 Å². The van der Waals surface area contributed by atoms with Crippen LogP contribution in [0.25, 0.3) is 0 Å². The van der Waals surface area contributed by atoms with E-state index in [1.165, 1.54) is 0 Å². The Morgan fingerprint density at radius 1 is 1.55 bits per heavy atom. The molecule has 0 aromatic carbocycles. The number of ether oxygens (including phenoxy) is 1. The maximum absolute atomic E-state index is 11.5. The molecule has 0 bridgehead atoms. The van der Waals surface area contributed by atoms with Crippen LogP contribution in [0.5, 0.6) is 0 Å². The number of methoxy groups -OCH3 is 1. The summed E-state index contributed by atoms with van der Waals surface area (Å²) in [6, 6.07) is 0.781. The maximum Gasteiger partial charge on any atom is 0.323 e. The highest BCUT2D eigenvalue weighted by Gasteiger charge is 2.38. The number of hydrogen-bond acceptors (Lipinski definition) is 4. The van der Waals surface area contributed by atoms with Crippen LogP contribution in [0.4, 0.5) is 0 Å². The van der Waals surface area contributed by atoms with Crippen molar-refractivity contribution in [1.29, 1.82) is 0 Å². The lowest BCUT2D eigenvalue weighted by Gasteiger charge is -2.30. The van der Waals surface area contributed by atoms with E-state index in [-0.39, 0.29) is 0 Å². The lowest BCUT2D eigenvalue weighted by atomic mass is 9.95. The van der Waals surface area contributed by atoms with Crippen molar-refractivity contribution in [3.05, 3.63) is 0 Å². The molecule has 0 spiro atoms. The average Bonchev–Trinajstić information content (AvgIpc) is 3.18. The zero-order valence-electron chi connectivity index (χ0n) is 13.3.